The number of carbonyl (C=O) groups excluding carboxylic acids is 2. The highest BCUT2D eigenvalue weighted by Gasteiger charge is 2.43. The first-order valence-electron chi connectivity index (χ1n) is 7.77. The van der Waals surface area contributed by atoms with Crippen LogP contribution in [0.15, 0.2) is 5.16 Å². The summed E-state index contributed by atoms with van der Waals surface area (Å²) in [5.74, 6) is 0.508. The van der Waals surface area contributed by atoms with Crippen molar-refractivity contribution in [2.45, 2.75) is 45.6 Å². The highest BCUT2D eigenvalue weighted by molar-refractivity contribution is 5.93. The Labute approximate surface area is 124 Å². The van der Waals surface area contributed by atoms with Gasteiger partial charge in [-0.2, -0.15) is 0 Å². The van der Waals surface area contributed by atoms with E-state index in [0.29, 0.717) is 31.8 Å². The fourth-order valence-electron chi connectivity index (χ4n) is 3.38. The molecule has 3 aliphatic heterocycles. The zero-order valence-corrected chi connectivity index (χ0v) is 12.7. The molecular formula is C15H23N3O3. The maximum atomic E-state index is 12.5. The first-order chi connectivity index (χ1) is 9.99. The van der Waals surface area contributed by atoms with Crippen molar-refractivity contribution < 1.29 is 14.4 Å². The van der Waals surface area contributed by atoms with Crippen molar-refractivity contribution >= 4 is 17.5 Å². The van der Waals surface area contributed by atoms with E-state index in [1.54, 1.807) is 0 Å². The summed E-state index contributed by atoms with van der Waals surface area (Å²) in [7, 11) is 0. The average molecular weight is 293 g/mol. The fourth-order valence-corrected chi connectivity index (χ4v) is 3.38. The van der Waals surface area contributed by atoms with Gasteiger partial charge in [-0.1, -0.05) is 19.0 Å². The van der Waals surface area contributed by atoms with Crippen molar-refractivity contribution in [1.82, 2.24) is 10.2 Å². The van der Waals surface area contributed by atoms with Crippen LogP contribution in [0.2, 0.25) is 0 Å². The molecule has 3 aliphatic rings. The molecule has 0 radical (unpaired) electrons. The van der Waals surface area contributed by atoms with Crippen LogP contribution in [0.3, 0.4) is 0 Å². The minimum absolute atomic E-state index is 0.0431. The van der Waals surface area contributed by atoms with Crippen molar-refractivity contribution in [1.29, 1.82) is 0 Å². The number of carbonyl (C=O) groups is 2. The van der Waals surface area contributed by atoms with Crippen LogP contribution in [-0.2, 0) is 14.4 Å². The van der Waals surface area contributed by atoms with E-state index in [0.717, 1.165) is 25.1 Å². The van der Waals surface area contributed by atoms with Gasteiger partial charge in [-0.15, -0.1) is 0 Å². The Kier molecular flexibility index (Phi) is 3.63. The molecular weight excluding hydrogens is 270 g/mol. The second-order valence-electron chi connectivity index (χ2n) is 6.81. The quantitative estimate of drug-likeness (QED) is 0.823. The third-order valence-corrected chi connectivity index (χ3v) is 4.97. The van der Waals surface area contributed by atoms with Gasteiger partial charge in [0.15, 0.2) is 0 Å². The molecule has 21 heavy (non-hydrogen) atoms. The summed E-state index contributed by atoms with van der Waals surface area (Å²) >= 11 is 0. The van der Waals surface area contributed by atoms with E-state index in [4.69, 9.17) is 4.84 Å². The number of nitrogens with one attached hydrogen (secondary N) is 1. The molecule has 0 aromatic heterocycles. The van der Waals surface area contributed by atoms with Crippen molar-refractivity contribution in [3.05, 3.63) is 0 Å². The number of piperidine rings is 1. The molecule has 1 unspecified atom stereocenters. The molecule has 1 atom stereocenters. The zero-order chi connectivity index (χ0) is 15.0. The minimum atomic E-state index is -0.445. The molecule has 0 bridgehead atoms. The van der Waals surface area contributed by atoms with Gasteiger partial charge in [-0.05, 0) is 24.2 Å². The second kappa shape index (κ2) is 5.31. The lowest BCUT2D eigenvalue weighted by atomic mass is 9.77. The van der Waals surface area contributed by atoms with Crippen LogP contribution in [0.5, 0.6) is 0 Å². The lowest BCUT2D eigenvalue weighted by Crippen LogP contribution is -2.47. The summed E-state index contributed by atoms with van der Waals surface area (Å²) in [6.07, 6.45) is 2.55. The molecule has 2 amide bonds. The van der Waals surface area contributed by atoms with Gasteiger partial charge >= 0.3 is 0 Å². The molecule has 3 rings (SSSR count). The normalized spacial score (nSPS) is 27.8. The Morgan fingerprint density at radius 2 is 2.14 bits per heavy atom. The van der Waals surface area contributed by atoms with Crippen LogP contribution < -0.4 is 5.32 Å². The Morgan fingerprint density at radius 3 is 2.67 bits per heavy atom. The minimum Gasteiger partial charge on any atom is -0.382 e. The van der Waals surface area contributed by atoms with Crippen LogP contribution >= 0.6 is 0 Å². The Bertz CT molecular complexity index is 479. The predicted octanol–water partition coefficient (Wildman–Crippen LogP) is 0.916. The summed E-state index contributed by atoms with van der Waals surface area (Å²) < 4.78 is 0. The van der Waals surface area contributed by atoms with E-state index >= 15 is 0 Å². The standard InChI is InChI=1S/C15H23N3O3/c1-10(2)11-7-12(21-17-11)14(20)18-5-3-15(4-6-18)8-13(19)16-9-15/h10,12H,3-9H2,1-2H3,(H,16,19). The summed E-state index contributed by atoms with van der Waals surface area (Å²) in [6.45, 7) is 6.30. The van der Waals surface area contributed by atoms with Gasteiger partial charge in [0.25, 0.3) is 5.91 Å². The number of rotatable bonds is 2. The zero-order valence-electron chi connectivity index (χ0n) is 12.7. The molecule has 3 heterocycles. The molecule has 0 saturated carbocycles. The Morgan fingerprint density at radius 1 is 1.43 bits per heavy atom. The van der Waals surface area contributed by atoms with Crippen LogP contribution in [0.1, 0.15) is 39.5 Å². The van der Waals surface area contributed by atoms with E-state index in [2.05, 4.69) is 24.3 Å². The molecule has 0 aromatic carbocycles. The second-order valence-corrected chi connectivity index (χ2v) is 6.81. The van der Waals surface area contributed by atoms with Crippen molar-refractivity contribution in [2.24, 2.45) is 16.5 Å². The summed E-state index contributed by atoms with van der Waals surface area (Å²) in [6, 6.07) is 0. The first-order valence-corrected chi connectivity index (χ1v) is 7.77. The molecule has 116 valence electrons. The van der Waals surface area contributed by atoms with Crippen molar-refractivity contribution in [3.8, 4) is 0 Å². The van der Waals surface area contributed by atoms with Crippen LogP contribution in [0, 0.1) is 11.3 Å². The SMILES string of the molecule is CC(C)C1=NOC(C(=O)N2CCC3(CC2)CNC(=O)C3)C1. The van der Waals surface area contributed by atoms with E-state index < -0.39 is 6.10 Å². The summed E-state index contributed by atoms with van der Waals surface area (Å²) in [5.41, 5.74) is 1.04. The largest absolute Gasteiger partial charge is 0.382 e. The maximum Gasteiger partial charge on any atom is 0.266 e. The van der Waals surface area contributed by atoms with Crippen molar-refractivity contribution in [2.75, 3.05) is 19.6 Å². The van der Waals surface area contributed by atoms with Crippen LogP contribution in [0.4, 0.5) is 0 Å². The molecule has 6 nitrogen and oxygen atoms in total. The third kappa shape index (κ3) is 2.76. The monoisotopic (exact) mass is 293 g/mol. The number of hydrogen-bond donors (Lipinski definition) is 1. The Hall–Kier alpha value is -1.59. The van der Waals surface area contributed by atoms with Gasteiger partial charge in [0.1, 0.15) is 0 Å². The van der Waals surface area contributed by atoms with Crippen LogP contribution in [0.25, 0.3) is 0 Å². The van der Waals surface area contributed by atoms with Gasteiger partial charge in [0.05, 0.1) is 5.71 Å². The van der Waals surface area contributed by atoms with E-state index in [-0.39, 0.29) is 17.2 Å². The highest BCUT2D eigenvalue weighted by atomic mass is 16.6. The number of hydrogen-bond acceptors (Lipinski definition) is 4. The van der Waals surface area contributed by atoms with Gasteiger partial charge in [-0.3, -0.25) is 9.59 Å². The lowest BCUT2D eigenvalue weighted by Gasteiger charge is -2.38. The van der Waals surface area contributed by atoms with Crippen molar-refractivity contribution in [3.63, 3.8) is 0 Å². The molecule has 2 saturated heterocycles. The van der Waals surface area contributed by atoms with Gasteiger partial charge in [-0.25, -0.2) is 0 Å². The molecule has 1 spiro atoms. The van der Waals surface area contributed by atoms with Gasteiger partial charge < -0.3 is 15.1 Å². The smallest absolute Gasteiger partial charge is 0.266 e. The van der Waals surface area contributed by atoms with Gasteiger partial charge in [0, 0.05) is 32.5 Å². The summed E-state index contributed by atoms with van der Waals surface area (Å²) in [4.78, 5) is 31.1. The maximum absolute atomic E-state index is 12.5. The van der Waals surface area contributed by atoms with E-state index in [1.807, 2.05) is 4.90 Å². The van der Waals surface area contributed by atoms with E-state index in [9.17, 15) is 9.59 Å². The molecule has 1 N–H and O–H groups in total. The fraction of sp³-hybridized carbons (Fsp3) is 0.800. The number of likely N-dealkylation sites (tertiary alicyclic amines) is 1. The number of nitrogens with zero attached hydrogens (tertiary/aromatic N) is 2. The molecule has 0 aliphatic carbocycles. The molecule has 0 aromatic rings. The summed E-state index contributed by atoms with van der Waals surface area (Å²) in [5, 5.41) is 6.94. The topological polar surface area (TPSA) is 71.0 Å². The highest BCUT2D eigenvalue weighted by Crippen LogP contribution is 2.37. The first kappa shape index (κ1) is 14.4. The lowest BCUT2D eigenvalue weighted by molar-refractivity contribution is -0.144. The Balaban J connectivity index is 1.53. The average Bonchev–Trinajstić information content (AvgIpc) is 3.07. The van der Waals surface area contributed by atoms with E-state index in [1.165, 1.54) is 0 Å². The van der Waals surface area contributed by atoms with Gasteiger partial charge in [0.2, 0.25) is 12.0 Å². The van der Waals surface area contributed by atoms with Crippen LogP contribution in [-0.4, -0.2) is 48.2 Å². The number of amides is 2. The third-order valence-electron chi connectivity index (χ3n) is 4.97. The molecule has 6 heteroatoms. The predicted molar refractivity (Wildman–Crippen MR) is 77.6 cm³/mol. The molecule has 2 fully saturated rings. The number of oxime groups is 1.